The maximum atomic E-state index is 11.2. The van der Waals surface area contributed by atoms with Crippen LogP contribution in [0.3, 0.4) is 0 Å². The van der Waals surface area contributed by atoms with Crippen molar-refractivity contribution < 1.29 is 13.2 Å². The van der Waals surface area contributed by atoms with Gasteiger partial charge in [0.2, 0.25) is 10.0 Å². The first kappa shape index (κ1) is 18.0. The molecule has 126 valence electrons. The minimum atomic E-state index is -3.62. The molecule has 0 aliphatic rings. The third-order valence-electron chi connectivity index (χ3n) is 3.38. The van der Waals surface area contributed by atoms with E-state index in [4.69, 9.17) is 9.88 Å². The van der Waals surface area contributed by atoms with Gasteiger partial charge in [0.15, 0.2) is 0 Å². The molecule has 0 unspecified atom stereocenters. The van der Waals surface area contributed by atoms with Crippen LogP contribution in [0.15, 0.2) is 53.4 Å². The first-order valence-electron chi connectivity index (χ1n) is 7.44. The van der Waals surface area contributed by atoms with Crippen LogP contribution in [-0.4, -0.2) is 28.6 Å². The third kappa shape index (κ3) is 5.70. The smallest absolute Gasteiger partial charge is 0.238 e. The highest BCUT2D eigenvalue weighted by molar-refractivity contribution is 7.89. The van der Waals surface area contributed by atoms with Crippen LogP contribution in [0.1, 0.15) is 11.1 Å². The number of hydrogen-bond donors (Lipinski definition) is 2. The van der Waals surface area contributed by atoms with Crippen molar-refractivity contribution >= 4 is 10.0 Å². The van der Waals surface area contributed by atoms with Crippen LogP contribution in [0.5, 0.6) is 5.75 Å². The van der Waals surface area contributed by atoms with Crippen molar-refractivity contribution in [3.05, 3.63) is 59.7 Å². The molecule has 0 aromatic heterocycles. The van der Waals surface area contributed by atoms with Gasteiger partial charge in [-0.2, -0.15) is 0 Å². The lowest BCUT2D eigenvalue weighted by Gasteiger charge is -2.03. The molecule has 0 aliphatic heterocycles. The van der Waals surface area contributed by atoms with Gasteiger partial charge in [-0.15, -0.1) is 0 Å². The fourth-order valence-corrected chi connectivity index (χ4v) is 2.57. The zero-order valence-corrected chi connectivity index (χ0v) is 14.3. The van der Waals surface area contributed by atoms with Crippen LogP contribution in [0, 0.1) is 11.8 Å². The molecule has 0 spiro atoms. The Hall–Kier alpha value is -2.33. The molecule has 0 atom stereocenters. The summed E-state index contributed by atoms with van der Waals surface area (Å²) >= 11 is 0. The predicted molar refractivity (Wildman–Crippen MR) is 94.3 cm³/mol. The summed E-state index contributed by atoms with van der Waals surface area (Å²) in [6.45, 7) is 1.34. The Morgan fingerprint density at radius 1 is 1.08 bits per heavy atom. The Kier molecular flexibility index (Phi) is 6.38. The first-order chi connectivity index (χ1) is 11.5. The van der Waals surface area contributed by atoms with E-state index in [1.165, 1.54) is 12.1 Å². The topological polar surface area (TPSA) is 81.4 Å². The van der Waals surface area contributed by atoms with Crippen molar-refractivity contribution in [1.29, 1.82) is 0 Å². The minimum Gasteiger partial charge on any atom is -0.497 e. The van der Waals surface area contributed by atoms with Gasteiger partial charge >= 0.3 is 0 Å². The highest BCUT2D eigenvalue weighted by Gasteiger charge is 2.06. The van der Waals surface area contributed by atoms with E-state index in [0.717, 1.165) is 29.8 Å². The average Bonchev–Trinajstić information content (AvgIpc) is 2.58. The van der Waals surface area contributed by atoms with Gasteiger partial charge in [-0.3, -0.25) is 0 Å². The summed E-state index contributed by atoms with van der Waals surface area (Å²) in [5.74, 6) is 6.94. The standard InChI is InChI=1S/C18H20N2O3S/c1-23-17-8-4-15(5-9-17)3-2-13-20-14-12-16-6-10-18(11-7-16)24(19,21)22/h4-11,20H,12-14H2,1H3,(H2,19,21,22). The number of sulfonamides is 1. The van der Waals surface area contributed by atoms with E-state index < -0.39 is 10.0 Å². The van der Waals surface area contributed by atoms with E-state index in [1.54, 1.807) is 19.2 Å². The number of benzene rings is 2. The summed E-state index contributed by atoms with van der Waals surface area (Å²) in [5.41, 5.74) is 1.98. The van der Waals surface area contributed by atoms with Gasteiger partial charge in [-0.25, -0.2) is 13.6 Å². The Bertz CT molecular complexity index is 817. The lowest BCUT2D eigenvalue weighted by Crippen LogP contribution is -2.17. The summed E-state index contributed by atoms with van der Waals surface area (Å²) in [6, 6.07) is 14.2. The van der Waals surface area contributed by atoms with Gasteiger partial charge in [0.25, 0.3) is 0 Å². The predicted octanol–water partition coefficient (Wildman–Crippen LogP) is 1.53. The second-order valence-electron chi connectivity index (χ2n) is 5.15. The van der Waals surface area contributed by atoms with E-state index >= 15 is 0 Å². The number of primary sulfonamides is 1. The van der Waals surface area contributed by atoms with Crippen LogP contribution < -0.4 is 15.2 Å². The maximum Gasteiger partial charge on any atom is 0.238 e. The van der Waals surface area contributed by atoms with Crippen molar-refractivity contribution in [1.82, 2.24) is 5.32 Å². The molecule has 0 bridgehead atoms. The molecule has 24 heavy (non-hydrogen) atoms. The van der Waals surface area contributed by atoms with Crippen molar-refractivity contribution in [2.24, 2.45) is 5.14 Å². The lowest BCUT2D eigenvalue weighted by atomic mass is 10.1. The summed E-state index contributed by atoms with van der Waals surface area (Å²) in [6.07, 6.45) is 0.787. The number of nitrogens with two attached hydrogens (primary N) is 1. The number of hydrogen-bond acceptors (Lipinski definition) is 4. The van der Waals surface area contributed by atoms with Crippen molar-refractivity contribution in [3.63, 3.8) is 0 Å². The molecule has 0 fully saturated rings. The van der Waals surface area contributed by atoms with Gasteiger partial charge < -0.3 is 10.1 Å². The maximum absolute atomic E-state index is 11.2. The summed E-state index contributed by atoms with van der Waals surface area (Å²) in [7, 11) is -1.99. The fraction of sp³-hybridized carbons (Fsp3) is 0.222. The number of methoxy groups -OCH3 is 1. The second-order valence-corrected chi connectivity index (χ2v) is 6.71. The van der Waals surface area contributed by atoms with Gasteiger partial charge in [0, 0.05) is 12.1 Å². The highest BCUT2D eigenvalue weighted by atomic mass is 32.2. The Morgan fingerprint density at radius 3 is 2.33 bits per heavy atom. The van der Waals surface area contributed by atoms with Crippen LogP contribution in [-0.2, 0) is 16.4 Å². The van der Waals surface area contributed by atoms with E-state index in [9.17, 15) is 8.42 Å². The van der Waals surface area contributed by atoms with Crippen LogP contribution in [0.2, 0.25) is 0 Å². The first-order valence-corrected chi connectivity index (χ1v) is 8.99. The molecule has 2 rings (SSSR count). The van der Waals surface area contributed by atoms with Gasteiger partial charge in [-0.1, -0.05) is 24.0 Å². The number of ether oxygens (including phenoxy) is 1. The van der Waals surface area contributed by atoms with Crippen LogP contribution in [0.4, 0.5) is 0 Å². The van der Waals surface area contributed by atoms with Crippen molar-refractivity contribution in [2.75, 3.05) is 20.2 Å². The molecule has 2 aromatic carbocycles. The molecule has 6 heteroatoms. The SMILES string of the molecule is COc1ccc(C#CCNCCc2ccc(S(N)(=O)=O)cc2)cc1. The molecule has 3 N–H and O–H groups in total. The molecule has 0 heterocycles. The van der Waals surface area contributed by atoms with E-state index in [2.05, 4.69) is 17.2 Å². The summed E-state index contributed by atoms with van der Waals surface area (Å²) in [5, 5.41) is 8.29. The average molecular weight is 344 g/mol. The second kappa shape index (κ2) is 8.50. The quantitative estimate of drug-likeness (QED) is 0.615. The molecule has 0 aliphatic carbocycles. The van der Waals surface area contributed by atoms with Gasteiger partial charge in [-0.05, 0) is 48.4 Å². The van der Waals surface area contributed by atoms with Crippen molar-refractivity contribution in [2.45, 2.75) is 11.3 Å². The largest absolute Gasteiger partial charge is 0.497 e. The van der Waals surface area contributed by atoms with E-state index in [1.807, 2.05) is 24.3 Å². The van der Waals surface area contributed by atoms with Gasteiger partial charge in [0.05, 0.1) is 18.6 Å². The zero-order valence-electron chi connectivity index (χ0n) is 13.5. The molecular formula is C18H20N2O3S. The molecule has 0 saturated carbocycles. The van der Waals surface area contributed by atoms with E-state index in [0.29, 0.717) is 6.54 Å². The minimum absolute atomic E-state index is 0.129. The molecule has 5 nitrogen and oxygen atoms in total. The Morgan fingerprint density at radius 2 is 1.75 bits per heavy atom. The monoisotopic (exact) mass is 344 g/mol. The molecule has 0 saturated heterocycles. The molecule has 2 aromatic rings. The van der Waals surface area contributed by atoms with E-state index in [-0.39, 0.29) is 4.90 Å². The molecule has 0 radical (unpaired) electrons. The van der Waals surface area contributed by atoms with Crippen LogP contribution >= 0.6 is 0 Å². The highest BCUT2D eigenvalue weighted by Crippen LogP contribution is 2.10. The Balaban J connectivity index is 1.74. The fourth-order valence-electron chi connectivity index (χ4n) is 2.05. The summed E-state index contributed by atoms with van der Waals surface area (Å²) in [4.78, 5) is 0.129. The summed E-state index contributed by atoms with van der Waals surface area (Å²) < 4.78 is 27.4. The number of nitrogens with one attached hydrogen (secondary N) is 1. The van der Waals surface area contributed by atoms with Crippen molar-refractivity contribution in [3.8, 4) is 17.6 Å². The molecular weight excluding hydrogens is 324 g/mol. The lowest BCUT2D eigenvalue weighted by molar-refractivity contribution is 0.415. The third-order valence-corrected chi connectivity index (χ3v) is 4.31. The number of rotatable bonds is 6. The van der Waals surface area contributed by atoms with Gasteiger partial charge in [0.1, 0.15) is 5.75 Å². The van der Waals surface area contributed by atoms with Crippen LogP contribution in [0.25, 0.3) is 0 Å². The normalized spacial score (nSPS) is 10.8. The zero-order chi connectivity index (χ0) is 17.4. The Labute approximate surface area is 142 Å². The molecule has 0 amide bonds.